The van der Waals surface area contributed by atoms with Crippen molar-refractivity contribution in [1.82, 2.24) is 10.2 Å². The van der Waals surface area contributed by atoms with Crippen LogP contribution >= 0.6 is 0 Å². The molecule has 0 amide bonds. The third-order valence-corrected chi connectivity index (χ3v) is 3.64. The first-order chi connectivity index (χ1) is 10.1. The Balaban J connectivity index is 2.09. The third kappa shape index (κ3) is 4.36. The molecule has 1 fully saturated rings. The number of nitrogens with one attached hydrogen (secondary N) is 1. The molecule has 0 aliphatic carbocycles. The zero-order valence-corrected chi connectivity index (χ0v) is 12.7. The predicted octanol–water partition coefficient (Wildman–Crippen LogP) is 1.45. The minimum atomic E-state index is -0.480. The van der Waals surface area contributed by atoms with Gasteiger partial charge in [-0.15, -0.1) is 0 Å². The molecule has 0 aromatic heterocycles. The number of hydrogen-bond acceptors (Lipinski definition) is 4. The Labute approximate surface area is 124 Å². The number of likely N-dealkylation sites (N-methyl/N-ethyl adjacent to an activating group) is 1. The molecular formula is C15H23F2N3O. The maximum Gasteiger partial charge on any atom is 0.149 e. The Bertz CT molecular complexity index is 441. The zero-order valence-electron chi connectivity index (χ0n) is 12.7. The van der Waals surface area contributed by atoms with Crippen LogP contribution in [0, 0.1) is 11.6 Å². The lowest BCUT2D eigenvalue weighted by Gasteiger charge is -2.30. The lowest BCUT2D eigenvalue weighted by molar-refractivity contribution is 0.158. The van der Waals surface area contributed by atoms with E-state index in [1.165, 1.54) is 12.1 Å². The van der Waals surface area contributed by atoms with E-state index in [4.69, 9.17) is 4.74 Å². The van der Waals surface area contributed by atoms with Crippen molar-refractivity contribution in [2.45, 2.75) is 6.54 Å². The van der Waals surface area contributed by atoms with Gasteiger partial charge in [-0.05, 0) is 24.7 Å². The summed E-state index contributed by atoms with van der Waals surface area (Å²) < 4.78 is 33.5. The van der Waals surface area contributed by atoms with E-state index in [2.05, 4.69) is 5.32 Å². The number of anilines is 1. The van der Waals surface area contributed by atoms with Crippen LogP contribution in [0.4, 0.5) is 14.5 Å². The summed E-state index contributed by atoms with van der Waals surface area (Å²) in [6.07, 6.45) is 0. The van der Waals surface area contributed by atoms with E-state index in [9.17, 15) is 8.78 Å². The number of rotatable bonds is 6. The molecule has 1 aliphatic heterocycles. The van der Waals surface area contributed by atoms with Crippen LogP contribution < -0.4 is 10.2 Å². The first-order valence-corrected chi connectivity index (χ1v) is 7.23. The third-order valence-electron chi connectivity index (χ3n) is 3.64. The lowest BCUT2D eigenvalue weighted by Crippen LogP contribution is -2.44. The minimum absolute atomic E-state index is 0.0970. The van der Waals surface area contributed by atoms with Gasteiger partial charge < -0.3 is 15.0 Å². The molecular weight excluding hydrogens is 276 g/mol. The van der Waals surface area contributed by atoms with Crippen molar-refractivity contribution in [3.8, 4) is 0 Å². The van der Waals surface area contributed by atoms with Crippen LogP contribution in [-0.4, -0.2) is 58.4 Å². The molecule has 0 radical (unpaired) electrons. The Hall–Kier alpha value is -1.24. The van der Waals surface area contributed by atoms with E-state index in [1.807, 2.05) is 11.9 Å². The molecule has 0 bridgehead atoms. The fraction of sp³-hybridized carbons (Fsp3) is 0.600. The van der Waals surface area contributed by atoms with Crippen molar-refractivity contribution >= 4 is 5.69 Å². The zero-order chi connectivity index (χ0) is 15.2. The molecule has 1 saturated heterocycles. The fourth-order valence-corrected chi connectivity index (χ4v) is 2.54. The van der Waals surface area contributed by atoms with Gasteiger partial charge in [-0.25, -0.2) is 8.78 Å². The second-order valence-corrected chi connectivity index (χ2v) is 5.38. The number of halogens is 2. The normalized spacial score (nSPS) is 15.8. The van der Waals surface area contributed by atoms with Crippen molar-refractivity contribution in [1.29, 1.82) is 0 Å². The van der Waals surface area contributed by atoms with Crippen LogP contribution in [0.3, 0.4) is 0 Å². The van der Waals surface area contributed by atoms with Crippen molar-refractivity contribution < 1.29 is 13.5 Å². The number of hydrogen-bond donors (Lipinski definition) is 1. The van der Waals surface area contributed by atoms with Crippen molar-refractivity contribution in [3.05, 3.63) is 29.3 Å². The number of piperazine rings is 1. The highest BCUT2D eigenvalue weighted by molar-refractivity contribution is 5.51. The molecule has 1 aromatic rings. The summed E-state index contributed by atoms with van der Waals surface area (Å²) in [6, 6.07) is 2.87. The lowest BCUT2D eigenvalue weighted by atomic mass is 10.1. The molecule has 2 rings (SSSR count). The molecule has 4 nitrogen and oxygen atoms in total. The summed E-state index contributed by atoms with van der Waals surface area (Å²) in [4.78, 5) is 3.74. The Morgan fingerprint density at radius 2 is 1.86 bits per heavy atom. The average Bonchev–Trinajstić information content (AvgIpc) is 2.45. The van der Waals surface area contributed by atoms with Gasteiger partial charge in [0.25, 0.3) is 0 Å². The minimum Gasteiger partial charge on any atom is -0.383 e. The summed E-state index contributed by atoms with van der Waals surface area (Å²) in [6.45, 7) is 4.57. The highest BCUT2D eigenvalue weighted by atomic mass is 19.1. The van der Waals surface area contributed by atoms with Gasteiger partial charge in [0.05, 0.1) is 6.61 Å². The first-order valence-electron chi connectivity index (χ1n) is 7.23. The molecule has 1 heterocycles. The number of benzene rings is 1. The van der Waals surface area contributed by atoms with Crippen LogP contribution in [0.15, 0.2) is 12.1 Å². The maximum atomic E-state index is 14.3. The van der Waals surface area contributed by atoms with Crippen molar-refractivity contribution in [2.24, 2.45) is 0 Å². The van der Waals surface area contributed by atoms with E-state index in [0.29, 0.717) is 31.8 Å². The van der Waals surface area contributed by atoms with Crippen molar-refractivity contribution in [2.75, 3.05) is 58.4 Å². The van der Waals surface area contributed by atoms with Crippen LogP contribution in [-0.2, 0) is 11.3 Å². The summed E-state index contributed by atoms with van der Waals surface area (Å²) in [7, 11) is 3.54. The van der Waals surface area contributed by atoms with Crippen LogP contribution in [0.25, 0.3) is 0 Å². The van der Waals surface area contributed by atoms with Gasteiger partial charge in [-0.3, -0.25) is 4.90 Å². The quantitative estimate of drug-likeness (QED) is 0.860. The summed E-state index contributed by atoms with van der Waals surface area (Å²) in [5, 5.41) is 3.18. The second kappa shape index (κ2) is 7.68. The molecule has 0 unspecified atom stereocenters. The number of ether oxygens (including phenoxy) is 1. The van der Waals surface area contributed by atoms with E-state index in [0.717, 1.165) is 19.6 Å². The molecule has 0 saturated carbocycles. The molecule has 1 N–H and O–H groups in total. The van der Waals surface area contributed by atoms with E-state index < -0.39 is 11.6 Å². The van der Waals surface area contributed by atoms with Gasteiger partial charge in [-0.1, -0.05) is 0 Å². The summed E-state index contributed by atoms with van der Waals surface area (Å²) >= 11 is 0. The van der Waals surface area contributed by atoms with Crippen LogP contribution in [0.2, 0.25) is 0 Å². The standard InChI is InChI=1S/C15H23F2N3O/c1-19(7-8-21-2)11-12-9-13(16)15(14(17)10-12)20-5-3-18-4-6-20/h9-10,18H,3-8,11H2,1-2H3. The van der Waals surface area contributed by atoms with E-state index in [1.54, 1.807) is 12.0 Å². The maximum absolute atomic E-state index is 14.3. The van der Waals surface area contributed by atoms with Gasteiger partial charge in [0, 0.05) is 46.4 Å². The van der Waals surface area contributed by atoms with Gasteiger partial charge >= 0.3 is 0 Å². The van der Waals surface area contributed by atoms with Crippen LogP contribution in [0.1, 0.15) is 5.56 Å². The molecule has 118 valence electrons. The number of nitrogens with zero attached hydrogens (tertiary/aromatic N) is 2. The van der Waals surface area contributed by atoms with Crippen LogP contribution in [0.5, 0.6) is 0 Å². The Morgan fingerprint density at radius 1 is 1.24 bits per heavy atom. The van der Waals surface area contributed by atoms with Gasteiger partial charge in [-0.2, -0.15) is 0 Å². The molecule has 0 atom stereocenters. The largest absolute Gasteiger partial charge is 0.383 e. The topological polar surface area (TPSA) is 27.7 Å². The average molecular weight is 299 g/mol. The first kappa shape index (κ1) is 16.1. The summed E-state index contributed by atoms with van der Waals surface area (Å²) in [5.41, 5.74) is 0.738. The molecule has 1 aliphatic rings. The van der Waals surface area contributed by atoms with Gasteiger partial charge in [0.2, 0.25) is 0 Å². The second-order valence-electron chi connectivity index (χ2n) is 5.38. The summed E-state index contributed by atoms with van der Waals surface area (Å²) in [5.74, 6) is -0.959. The highest BCUT2D eigenvalue weighted by Crippen LogP contribution is 2.25. The molecule has 0 spiro atoms. The fourth-order valence-electron chi connectivity index (χ4n) is 2.54. The van der Waals surface area contributed by atoms with Gasteiger partial charge in [0.1, 0.15) is 17.3 Å². The number of methoxy groups -OCH3 is 1. The van der Waals surface area contributed by atoms with E-state index in [-0.39, 0.29) is 5.69 Å². The molecule has 1 aromatic carbocycles. The molecule has 6 heteroatoms. The Kier molecular flexibility index (Phi) is 5.90. The predicted molar refractivity (Wildman–Crippen MR) is 79.7 cm³/mol. The van der Waals surface area contributed by atoms with E-state index >= 15 is 0 Å². The van der Waals surface area contributed by atoms with Gasteiger partial charge in [0.15, 0.2) is 0 Å². The smallest absolute Gasteiger partial charge is 0.149 e. The van der Waals surface area contributed by atoms with Crippen molar-refractivity contribution in [3.63, 3.8) is 0 Å². The SMILES string of the molecule is COCCN(C)Cc1cc(F)c(N2CCNCC2)c(F)c1. The highest BCUT2D eigenvalue weighted by Gasteiger charge is 2.20. The Morgan fingerprint density at radius 3 is 2.43 bits per heavy atom. The monoisotopic (exact) mass is 299 g/mol. The molecule has 21 heavy (non-hydrogen) atoms.